The van der Waals surface area contributed by atoms with Gasteiger partial charge in [0.1, 0.15) is 13.2 Å². The molecule has 4 heteroatoms. The molecule has 3 nitrogen and oxygen atoms in total. The van der Waals surface area contributed by atoms with E-state index in [0.29, 0.717) is 18.8 Å². The zero-order valence-corrected chi connectivity index (χ0v) is 8.93. The van der Waals surface area contributed by atoms with Crippen LogP contribution in [0.25, 0.3) is 0 Å². The fraction of sp³-hybridized carbons (Fsp3) is 0.875. The third-order valence-electron chi connectivity index (χ3n) is 1.34. The van der Waals surface area contributed by atoms with E-state index in [4.69, 9.17) is 4.74 Å². The summed E-state index contributed by atoms with van der Waals surface area (Å²) < 4.78 is 5.77. The molecule has 0 saturated carbocycles. The monoisotopic (exact) mass is 192 g/mol. The Morgan fingerprint density at radius 1 is 1.42 bits per heavy atom. The predicted octanol–water partition coefficient (Wildman–Crippen LogP) is 0.556. The number of nitrogens with zero attached hydrogens (tertiary/aromatic N) is 1. The van der Waals surface area contributed by atoms with Gasteiger partial charge in [0, 0.05) is 5.75 Å². The SMILES string of the molecule is C[N+](C)(C)CCOC(=O)CCS. The van der Waals surface area contributed by atoms with Crippen molar-refractivity contribution in [1.82, 2.24) is 0 Å². The van der Waals surface area contributed by atoms with E-state index >= 15 is 0 Å². The summed E-state index contributed by atoms with van der Waals surface area (Å²) in [6.45, 7) is 1.34. The van der Waals surface area contributed by atoms with Crippen LogP contribution in [-0.4, -0.2) is 50.5 Å². The molecular weight excluding hydrogens is 174 g/mol. The quantitative estimate of drug-likeness (QED) is 0.391. The minimum absolute atomic E-state index is 0.154. The summed E-state index contributed by atoms with van der Waals surface area (Å²) >= 11 is 3.93. The largest absolute Gasteiger partial charge is 0.460 e. The second-order valence-electron chi connectivity index (χ2n) is 3.71. The van der Waals surface area contributed by atoms with Crippen molar-refractivity contribution < 1.29 is 14.0 Å². The molecule has 0 saturated heterocycles. The number of hydrogen-bond donors (Lipinski definition) is 1. The molecule has 0 bridgehead atoms. The molecule has 0 rings (SSSR count). The fourth-order valence-electron chi connectivity index (χ4n) is 0.597. The molecule has 0 N–H and O–H groups in total. The molecule has 0 atom stereocenters. The molecule has 0 aliphatic heterocycles. The standard InChI is InChI=1S/C8H17NO2S/c1-9(2,3)5-6-11-8(10)4-7-12/h4-7H2,1-3H3/p+1. The number of carbonyl (C=O) groups is 1. The first kappa shape index (κ1) is 11.8. The topological polar surface area (TPSA) is 26.3 Å². The van der Waals surface area contributed by atoms with Crippen LogP contribution in [0, 0.1) is 0 Å². The van der Waals surface area contributed by atoms with E-state index in [2.05, 4.69) is 33.8 Å². The highest BCUT2D eigenvalue weighted by atomic mass is 32.1. The summed E-state index contributed by atoms with van der Waals surface area (Å²) in [7, 11) is 6.19. The van der Waals surface area contributed by atoms with E-state index < -0.39 is 0 Å². The molecule has 72 valence electrons. The second-order valence-corrected chi connectivity index (χ2v) is 4.16. The van der Waals surface area contributed by atoms with Gasteiger partial charge in [-0.05, 0) is 0 Å². The Morgan fingerprint density at radius 3 is 2.42 bits per heavy atom. The minimum atomic E-state index is -0.154. The molecule has 0 aromatic carbocycles. The number of rotatable bonds is 5. The molecular formula is C8H18NO2S+. The summed E-state index contributed by atoms with van der Waals surface area (Å²) in [5.74, 6) is 0.405. The Labute approximate surface area is 79.7 Å². The van der Waals surface area contributed by atoms with E-state index in [1.807, 2.05) is 0 Å². The summed E-state index contributed by atoms with van der Waals surface area (Å²) in [5, 5.41) is 0. The fourth-order valence-corrected chi connectivity index (χ4v) is 0.779. The molecule has 0 heterocycles. The second kappa shape index (κ2) is 5.43. The Morgan fingerprint density at radius 2 is 2.00 bits per heavy atom. The zero-order chi connectivity index (χ0) is 9.61. The Kier molecular flexibility index (Phi) is 5.33. The van der Waals surface area contributed by atoms with Gasteiger partial charge in [0.05, 0.1) is 27.6 Å². The Hall–Kier alpha value is -0.220. The smallest absolute Gasteiger partial charge is 0.306 e. The van der Waals surface area contributed by atoms with Crippen molar-refractivity contribution in [1.29, 1.82) is 0 Å². The lowest BCUT2D eigenvalue weighted by Gasteiger charge is -2.23. The maximum Gasteiger partial charge on any atom is 0.306 e. The summed E-state index contributed by atoms with van der Waals surface area (Å²) in [6, 6.07) is 0. The first-order valence-electron chi connectivity index (χ1n) is 4.02. The molecule has 0 aliphatic carbocycles. The number of hydrogen-bond acceptors (Lipinski definition) is 3. The molecule has 0 spiro atoms. The first-order chi connectivity index (χ1) is 5.45. The Balaban J connectivity index is 3.37. The summed E-state index contributed by atoms with van der Waals surface area (Å²) in [4.78, 5) is 10.9. The van der Waals surface area contributed by atoms with Crippen LogP contribution >= 0.6 is 12.6 Å². The zero-order valence-electron chi connectivity index (χ0n) is 8.04. The first-order valence-corrected chi connectivity index (χ1v) is 4.66. The van der Waals surface area contributed by atoms with Crippen LogP contribution in [-0.2, 0) is 9.53 Å². The van der Waals surface area contributed by atoms with Gasteiger partial charge in [-0.2, -0.15) is 12.6 Å². The van der Waals surface area contributed by atoms with Gasteiger partial charge in [-0.25, -0.2) is 0 Å². The van der Waals surface area contributed by atoms with E-state index in [0.717, 1.165) is 11.0 Å². The molecule has 0 fully saturated rings. The highest BCUT2D eigenvalue weighted by molar-refractivity contribution is 7.80. The van der Waals surface area contributed by atoms with Crippen LogP contribution in [0.5, 0.6) is 0 Å². The van der Waals surface area contributed by atoms with Crippen molar-refractivity contribution in [3.8, 4) is 0 Å². The van der Waals surface area contributed by atoms with Gasteiger partial charge in [-0.15, -0.1) is 0 Å². The van der Waals surface area contributed by atoms with Crippen molar-refractivity contribution in [2.75, 3.05) is 40.0 Å². The number of likely N-dealkylation sites (N-methyl/N-ethyl adjacent to an activating group) is 1. The molecule has 0 unspecified atom stereocenters. The molecule has 0 radical (unpaired) electrons. The number of quaternary nitrogens is 1. The third-order valence-corrected chi connectivity index (χ3v) is 1.56. The lowest BCUT2D eigenvalue weighted by molar-refractivity contribution is -0.870. The normalized spacial score (nSPS) is 11.3. The van der Waals surface area contributed by atoms with E-state index in [-0.39, 0.29) is 5.97 Å². The summed E-state index contributed by atoms with van der Waals surface area (Å²) in [5.41, 5.74) is 0. The van der Waals surface area contributed by atoms with Gasteiger partial charge in [-0.1, -0.05) is 0 Å². The highest BCUT2D eigenvalue weighted by Gasteiger charge is 2.08. The van der Waals surface area contributed by atoms with E-state index in [1.165, 1.54) is 0 Å². The van der Waals surface area contributed by atoms with Crippen molar-refractivity contribution in [2.45, 2.75) is 6.42 Å². The Bertz CT molecular complexity index is 142. The van der Waals surface area contributed by atoms with Gasteiger partial charge in [0.15, 0.2) is 0 Å². The van der Waals surface area contributed by atoms with Crippen molar-refractivity contribution in [2.24, 2.45) is 0 Å². The van der Waals surface area contributed by atoms with Crippen LogP contribution in [0.15, 0.2) is 0 Å². The van der Waals surface area contributed by atoms with Crippen LogP contribution in [0.3, 0.4) is 0 Å². The number of ether oxygens (including phenoxy) is 1. The van der Waals surface area contributed by atoms with Gasteiger partial charge < -0.3 is 9.22 Å². The van der Waals surface area contributed by atoms with Crippen molar-refractivity contribution >= 4 is 18.6 Å². The molecule has 12 heavy (non-hydrogen) atoms. The van der Waals surface area contributed by atoms with Crippen molar-refractivity contribution in [3.05, 3.63) is 0 Å². The maximum absolute atomic E-state index is 10.9. The van der Waals surface area contributed by atoms with Crippen LogP contribution < -0.4 is 0 Å². The lowest BCUT2D eigenvalue weighted by Crippen LogP contribution is -2.38. The number of esters is 1. The third kappa shape index (κ3) is 7.88. The molecule has 0 aliphatic rings. The van der Waals surface area contributed by atoms with E-state index in [1.54, 1.807) is 0 Å². The van der Waals surface area contributed by atoms with Crippen LogP contribution in [0.1, 0.15) is 6.42 Å². The van der Waals surface area contributed by atoms with E-state index in [9.17, 15) is 4.79 Å². The minimum Gasteiger partial charge on any atom is -0.460 e. The van der Waals surface area contributed by atoms with Gasteiger partial charge >= 0.3 is 5.97 Å². The van der Waals surface area contributed by atoms with Gasteiger partial charge in [0.25, 0.3) is 0 Å². The molecule has 0 amide bonds. The maximum atomic E-state index is 10.9. The van der Waals surface area contributed by atoms with Gasteiger partial charge in [-0.3, -0.25) is 4.79 Å². The van der Waals surface area contributed by atoms with Crippen LogP contribution in [0.2, 0.25) is 0 Å². The van der Waals surface area contributed by atoms with Gasteiger partial charge in [0.2, 0.25) is 0 Å². The number of carbonyl (C=O) groups excluding carboxylic acids is 1. The average Bonchev–Trinajstić information content (AvgIpc) is 1.84. The van der Waals surface area contributed by atoms with Crippen molar-refractivity contribution in [3.63, 3.8) is 0 Å². The highest BCUT2D eigenvalue weighted by Crippen LogP contribution is 1.92. The lowest BCUT2D eigenvalue weighted by atomic mass is 10.5. The molecule has 0 aromatic rings. The number of thiol groups is 1. The van der Waals surface area contributed by atoms with Crippen LogP contribution in [0.4, 0.5) is 0 Å². The average molecular weight is 192 g/mol. The summed E-state index contributed by atoms with van der Waals surface area (Å²) in [6.07, 6.45) is 0.403. The molecule has 0 aromatic heterocycles. The predicted molar refractivity (Wildman–Crippen MR) is 52.3 cm³/mol.